The highest BCUT2D eigenvalue weighted by Gasteiger charge is 2.20. The fraction of sp³-hybridized carbons (Fsp3) is 0.545. The molecule has 1 aromatic rings. The summed E-state index contributed by atoms with van der Waals surface area (Å²) in [6, 6.07) is 9.87. The molecule has 9 heteroatoms. The van der Waals surface area contributed by atoms with E-state index in [1.165, 1.54) is 24.9 Å². The molecule has 3 amide bonds. The van der Waals surface area contributed by atoms with Crippen LogP contribution >= 0.6 is 0 Å². The molecule has 2 rings (SSSR count). The maximum absolute atomic E-state index is 11.0. The van der Waals surface area contributed by atoms with Gasteiger partial charge >= 0.3 is 5.97 Å². The van der Waals surface area contributed by atoms with Gasteiger partial charge < -0.3 is 26.8 Å². The molecule has 0 bridgehead atoms. The molecule has 0 aromatic heterocycles. The van der Waals surface area contributed by atoms with Gasteiger partial charge in [0.1, 0.15) is 6.04 Å². The molecule has 1 aliphatic heterocycles. The van der Waals surface area contributed by atoms with Gasteiger partial charge in [-0.15, -0.1) is 0 Å². The first-order valence-electron chi connectivity index (χ1n) is 10.5. The molecule has 6 N–H and O–H groups in total. The minimum Gasteiger partial charge on any atom is -0.480 e. The number of nitrogens with two attached hydrogens (primary N) is 1. The number of primary amides is 1. The monoisotopic (exact) mass is 438 g/mol. The van der Waals surface area contributed by atoms with E-state index in [2.05, 4.69) is 41.9 Å². The van der Waals surface area contributed by atoms with Gasteiger partial charge in [0.2, 0.25) is 18.2 Å². The Bertz CT molecular complexity index is 620. The molecule has 0 aliphatic carbocycles. The molecular weight excluding hydrogens is 400 g/mol. The average molecular weight is 439 g/mol. The molecule has 1 saturated heterocycles. The summed E-state index contributed by atoms with van der Waals surface area (Å²) in [6.45, 7) is 9.23. The van der Waals surface area contributed by atoms with Crippen LogP contribution in [-0.2, 0) is 19.2 Å². The van der Waals surface area contributed by atoms with Crippen molar-refractivity contribution in [3.8, 4) is 0 Å². The molecule has 9 nitrogen and oxygen atoms in total. The number of carboxylic acids is 1. The average Bonchev–Trinajstić information content (AvgIpc) is 3.23. The van der Waals surface area contributed by atoms with Crippen LogP contribution in [0.1, 0.15) is 52.0 Å². The number of aryl methyl sites for hydroxylation is 1. The largest absolute Gasteiger partial charge is 0.480 e. The SMILES string of the molecule is CC.C[C@H]1CCCN1.Cc1ccccc1.NC(=O)CCC(NC(=O)CNC=O)C(=O)O. The quantitative estimate of drug-likeness (QED) is 0.387. The van der Waals surface area contributed by atoms with Crippen LogP contribution in [0, 0.1) is 6.92 Å². The smallest absolute Gasteiger partial charge is 0.326 e. The summed E-state index contributed by atoms with van der Waals surface area (Å²) < 4.78 is 0. The third kappa shape index (κ3) is 20.1. The fourth-order valence-corrected chi connectivity index (χ4v) is 2.32. The van der Waals surface area contributed by atoms with Gasteiger partial charge in [-0.1, -0.05) is 49.7 Å². The number of hydrogen-bond donors (Lipinski definition) is 5. The van der Waals surface area contributed by atoms with Crippen molar-refractivity contribution in [3.63, 3.8) is 0 Å². The Morgan fingerprint density at radius 1 is 1.26 bits per heavy atom. The molecular formula is C22H38N4O5. The lowest BCUT2D eigenvalue weighted by atomic mass is 10.1. The lowest BCUT2D eigenvalue weighted by molar-refractivity contribution is -0.142. The minimum atomic E-state index is -1.26. The number of nitrogens with one attached hydrogen (secondary N) is 3. The van der Waals surface area contributed by atoms with E-state index in [4.69, 9.17) is 10.8 Å². The highest BCUT2D eigenvalue weighted by atomic mass is 16.4. The topological polar surface area (TPSA) is 151 Å². The fourth-order valence-electron chi connectivity index (χ4n) is 2.32. The summed E-state index contributed by atoms with van der Waals surface area (Å²) in [5.41, 5.74) is 6.17. The van der Waals surface area contributed by atoms with Gasteiger partial charge in [0.25, 0.3) is 0 Å². The van der Waals surface area contributed by atoms with Gasteiger partial charge in [0.15, 0.2) is 0 Å². The van der Waals surface area contributed by atoms with E-state index in [0.29, 0.717) is 6.41 Å². The van der Waals surface area contributed by atoms with E-state index in [1.807, 2.05) is 32.0 Å². The number of hydrogen-bond acceptors (Lipinski definition) is 5. The molecule has 1 heterocycles. The number of carbonyl (C=O) groups excluding carboxylic acids is 3. The molecule has 1 unspecified atom stereocenters. The molecule has 0 spiro atoms. The Morgan fingerprint density at radius 3 is 2.19 bits per heavy atom. The van der Waals surface area contributed by atoms with Crippen LogP contribution < -0.4 is 21.7 Å². The highest BCUT2D eigenvalue weighted by molar-refractivity contribution is 5.86. The maximum Gasteiger partial charge on any atom is 0.326 e. The summed E-state index contributed by atoms with van der Waals surface area (Å²) in [6.07, 6.45) is 2.84. The normalized spacial score (nSPS) is 14.6. The molecule has 176 valence electrons. The third-order valence-corrected chi connectivity index (χ3v) is 3.91. The molecule has 2 atom stereocenters. The summed E-state index contributed by atoms with van der Waals surface area (Å²) in [4.78, 5) is 42.0. The summed E-state index contributed by atoms with van der Waals surface area (Å²) in [5, 5.41) is 16.2. The Balaban J connectivity index is 0. The predicted molar refractivity (Wildman–Crippen MR) is 121 cm³/mol. The van der Waals surface area contributed by atoms with Crippen LogP contribution in [0.25, 0.3) is 0 Å². The van der Waals surface area contributed by atoms with Crippen LogP contribution in [-0.4, -0.2) is 54.5 Å². The Labute approximate surface area is 185 Å². The van der Waals surface area contributed by atoms with Crippen molar-refractivity contribution in [2.24, 2.45) is 5.73 Å². The first-order valence-corrected chi connectivity index (χ1v) is 10.5. The third-order valence-electron chi connectivity index (χ3n) is 3.91. The second kappa shape index (κ2) is 20.3. The Morgan fingerprint density at radius 2 is 1.87 bits per heavy atom. The van der Waals surface area contributed by atoms with Crippen LogP contribution in [0.4, 0.5) is 0 Å². The first-order chi connectivity index (χ1) is 14.8. The molecule has 1 aliphatic rings. The number of amides is 3. The zero-order valence-corrected chi connectivity index (χ0v) is 19.0. The van der Waals surface area contributed by atoms with Gasteiger partial charge in [-0.25, -0.2) is 4.79 Å². The summed E-state index contributed by atoms with van der Waals surface area (Å²) in [7, 11) is 0. The van der Waals surface area contributed by atoms with Gasteiger partial charge in [-0.2, -0.15) is 0 Å². The van der Waals surface area contributed by atoms with Gasteiger partial charge in [-0.05, 0) is 39.7 Å². The van der Waals surface area contributed by atoms with Crippen molar-refractivity contribution in [1.82, 2.24) is 16.0 Å². The van der Waals surface area contributed by atoms with Crippen LogP contribution in [0.5, 0.6) is 0 Å². The van der Waals surface area contributed by atoms with Gasteiger partial charge in [-0.3, -0.25) is 14.4 Å². The molecule has 1 fully saturated rings. The van der Waals surface area contributed by atoms with Crippen molar-refractivity contribution in [2.75, 3.05) is 13.1 Å². The van der Waals surface area contributed by atoms with Crippen molar-refractivity contribution >= 4 is 24.2 Å². The first kappa shape index (κ1) is 30.3. The van der Waals surface area contributed by atoms with Crippen molar-refractivity contribution in [1.29, 1.82) is 0 Å². The number of carbonyl (C=O) groups is 4. The lowest BCUT2D eigenvalue weighted by Gasteiger charge is -2.13. The Kier molecular flexibility index (Phi) is 19.8. The minimum absolute atomic E-state index is 0.0858. The zero-order valence-electron chi connectivity index (χ0n) is 19.0. The van der Waals surface area contributed by atoms with E-state index in [0.717, 1.165) is 6.04 Å². The van der Waals surface area contributed by atoms with Crippen LogP contribution in [0.2, 0.25) is 0 Å². The van der Waals surface area contributed by atoms with Crippen LogP contribution in [0.15, 0.2) is 30.3 Å². The van der Waals surface area contributed by atoms with E-state index >= 15 is 0 Å². The van der Waals surface area contributed by atoms with E-state index in [1.54, 1.807) is 0 Å². The number of rotatable bonds is 8. The standard InChI is InChI=1S/C8H13N3O5.C7H8.C5H11N.C2H6/c9-6(13)2-1-5(8(15)16)11-7(14)3-10-4-12;1-7-5-3-2-4-6-7;1-5-3-2-4-6-5;1-2/h4-5H,1-3H2,(H2,9,13)(H,10,12)(H,11,14)(H,15,16);2-6H,1H3;5-6H,2-4H2,1H3;1-2H3/t;;5-;/m..0./s1. The molecule has 31 heavy (non-hydrogen) atoms. The molecule has 0 radical (unpaired) electrons. The van der Waals surface area contributed by atoms with Gasteiger partial charge in [0.05, 0.1) is 6.54 Å². The van der Waals surface area contributed by atoms with Crippen molar-refractivity contribution in [3.05, 3.63) is 35.9 Å². The zero-order chi connectivity index (χ0) is 24.1. The van der Waals surface area contributed by atoms with Gasteiger partial charge in [0, 0.05) is 12.5 Å². The van der Waals surface area contributed by atoms with E-state index in [-0.39, 0.29) is 19.4 Å². The van der Waals surface area contributed by atoms with Crippen LogP contribution in [0.3, 0.4) is 0 Å². The van der Waals surface area contributed by atoms with Crippen molar-refractivity contribution < 1.29 is 24.3 Å². The predicted octanol–water partition coefficient (Wildman–Crippen LogP) is 1.35. The molecule has 0 saturated carbocycles. The number of carboxylic acid groups (broad SMARTS) is 1. The van der Waals surface area contributed by atoms with E-state index < -0.39 is 23.8 Å². The lowest BCUT2D eigenvalue weighted by Crippen LogP contribution is -2.44. The Hall–Kier alpha value is -2.94. The summed E-state index contributed by atoms with van der Waals surface area (Å²) in [5.74, 6) is -2.56. The molecule has 1 aromatic carbocycles. The maximum atomic E-state index is 11.0. The van der Waals surface area contributed by atoms with Crippen molar-refractivity contribution in [2.45, 2.75) is 65.5 Å². The van der Waals surface area contributed by atoms with E-state index in [9.17, 15) is 19.2 Å². The second-order valence-corrected chi connectivity index (χ2v) is 6.61. The summed E-state index contributed by atoms with van der Waals surface area (Å²) >= 11 is 0. The number of benzene rings is 1. The number of aliphatic carboxylic acids is 1. The second-order valence-electron chi connectivity index (χ2n) is 6.61. The highest BCUT2D eigenvalue weighted by Crippen LogP contribution is 2.01.